The molecule has 0 saturated heterocycles. The van der Waals surface area contributed by atoms with Crippen LogP contribution >= 0.6 is 22.9 Å². The number of nitrogens with zero attached hydrogens (tertiary/aromatic N) is 2. The summed E-state index contributed by atoms with van der Waals surface area (Å²) >= 11 is 7.44. The van der Waals surface area contributed by atoms with Gasteiger partial charge in [0, 0.05) is 9.90 Å². The molecule has 2 aromatic rings. The second-order valence-corrected chi connectivity index (χ2v) is 8.64. The highest BCUT2D eigenvalue weighted by Crippen LogP contribution is 2.32. The van der Waals surface area contributed by atoms with E-state index in [-0.39, 0.29) is 11.4 Å². The maximum atomic E-state index is 12.2. The smallest absolute Gasteiger partial charge is 0.260 e. The Balaban J connectivity index is 2.19. The molecule has 0 saturated carbocycles. The van der Waals surface area contributed by atoms with Gasteiger partial charge in [-0.15, -0.1) is 11.3 Å². The summed E-state index contributed by atoms with van der Waals surface area (Å²) in [6.45, 7) is 1.47. The average Bonchev–Trinajstić information content (AvgIpc) is 2.97. The maximum Gasteiger partial charge on any atom is 0.260 e. The molecule has 1 N–H and O–H groups in total. The topological polar surface area (TPSA) is 88.1 Å². The second kappa shape index (κ2) is 8.52. The monoisotopic (exact) mass is 415 g/mol. The summed E-state index contributed by atoms with van der Waals surface area (Å²) in [6, 6.07) is 6.46. The van der Waals surface area contributed by atoms with Crippen LogP contribution in [0.2, 0.25) is 5.02 Å². The molecular weight excluding hydrogens is 398 g/mol. The fraction of sp³-hybridized carbons (Fsp3) is 0.250. The summed E-state index contributed by atoms with van der Waals surface area (Å²) in [5, 5.41) is 6.10. The summed E-state index contributed by atoms with van der Waals surface area (Å²) in [6.07, 6.45) is 2.52. The van der Waals surface area contributed by atoms with E-state index in [1.807, 2.05) is 18.4 Å². The number of rotatable bonds is 7. The molecule has 0 atom stereocenters. The van der Waals surface area contributed by atoms with E-state index in [0.29, 0.717) is 5.02 Å². The maximum absolute atomic E-state index is 12.2. The summed E-state index contributed by atoms with van der Waals surface area (Å²) in [4.78, 5) is 13.1. The third-order valence-electron chi connectivity index (χ3n) is 3.37. The lowest BCUT2D eigenvalue weighted by molar-refractivity contribution is -0.119. The molecule has 26 heavy (non-hydrogen) atoms. The first-order chi connectivity index (χ1) is 12.2. The summed E-state index contributed by atoms with van der Waals surface area (Å²) in [7, 11) is -2.35. The van der Waals surface area contributed by atoms with E-state index in [4.69, 9.17) is 16.3 Å². The molecule has 140 valence electrons. The van der Waals surface area contributed by atoms with Crippen LogP contribution in [0.4, 0.5) is 5.69 Å². The molecule has 0 spiro atoms. The molecule has 1 aromatic heterocycles. The SMILES string of the molecule is COc1ccc(Cl)cc1N(CC(=O)N/N=C\c1sccc1C)S(C)(=O)=O. The van der Waals surface area contributed by atoms with Gasteiger partial charge in [-0.2, -0.15) is 5.10 Å². The highest BCUT2D eigenvalue weighted by molar-refractivity contribution is 7.92. The third kappa shape index (κ3) is 5.20. The Bertz CT molecular complexity index is 925. The van der Waals surface area contributed by atoms with E-state index in [0.717, 1.165) is 21.0 Å². The molecule has 0 unspecified atom stereocenters. The number of hydrogen-bond donors (Lipinski definition) is 1. The second-order valence-electron chi connectivity index (χ2n) is 5.35. The van der Waals surface area contributed by atoms with Crippen LogP contribution < -0.4 is 14.5 Å². The van der Waals surface area contributed by atoms with Crippen LogP contribution in [0, 0.1) is 6.92 Å². The Morgan fingerprint density at radius 1 is 1.42 bits per heavy atom. The van der Waals surface area contributed by atoms with Crippen molar-refractivity contribution >= 4 is 50.8 Å². The van der Waals surface area contributed by atoms with Gasteiger partial charge >= 0.3 is 0 Å². The molecule has 10 heteroatoms. The van der Waals surface area contributed by atoms with Crippen LogP contribution in [-0.2, 0) is 14.8 Å². The number of carbonyl (C=O) groups excluding carboxylic acids is 1. The van der Waals surface area contributed by atoms with Gasteiger partial charge in [0.1, 0.15) is 12.3 Å². The first kappa shape index (κ1) is 20.2. The number of thiophene rings is 1. The van der Waals surface area contributed by atoms with Crippen molar-refractivity contribution in [3.05, 3.63) is 45.1 Å². The molecule has 0 aliphatic carbocycles. The van der Waals surface area contributed by atoms with Crippen molar-refractivity contribution in [3.63, 3.8) is 0 Å². The van der Waals surface area contributed by atoms with Crippen molar-refractivity contribution in [2.75, 3.05) is 24.2 Å². The number of carbonyl (C=O) groups is 1. The van der Waals surface area contributed by atoms with Crippen LogP contribution in [-0.4, -0.2) is 40.4 Å². The number of ether oxygens (including phenoxy) is 1. The van der Waals surface area contributed by atoms with Gasteiger partial charge < -0.3 is 4.74 Å². The van der Waals surface area contributed by atoms with Crippen LogP contribution in [0.15, 0.2) is 34.7 Å². The molecule has 0 bridgehead atoms. The van der Waals surface area contributed by atoms with Gasteiger partial charge in [0.25, 0.3) is 5.91 Å². The van der Waals surface area contributed by atoms with Gasteiger partial charge in [0.15, 0.2) is 0 Å². The van der Waals surface area contributed by atoms with Crippen LogP contribution in [0.5, 0.6) is 5.75 Å². The lowest BCUT2D eigenvalue weighted by Gasteiger charge is -2.23. The lowest BCUT2D eigenvalue weighted by Crippen LogP contribution is -2.39. The van der Waals surface area contributed by atoms with Crippen LogP contribution in [0.25, 0.3) is 0 Å². The van der Waals surface area contributed by atoms with E-state index in [1.165, 1.54) is 36.8 Å². The molecule has 7 nitrogen and oxygen atoms in total. The van der Waals surface area contributed by atoms with Gasteiger partial charge in [-0.25, -0.2) is 13.8 Å². The number of aryl methyl sites for hydroxylation is 1. The normalized spacial score (nSPS) is 11.5. The molecule has 1 heterocycles. The van der Waals surface area contributed by atoms with E-state index >= 15 is 0 Å². The van der Waals surface area contributed by atoms with Crippen LogP contribution in [0.1, 0.15) is 10.4 Å². The lowest BCUT2D eigenvalue weighted by atomic mass is 10.3. The minimum absolute atomic E-state index is 0.177. The van der Waals surface area contributed by atoms with Gasteiger partial charge in [-0.3, -0.25) is 9.10 Å². The Morgan fingerprint density at radius 2 is 2.15 bits per heavy atom. The largest absolute Gasteiger partial charge is 0.495 e. The fourth-order valence-electron chi connectivity index (χ4n) is 2.08. The van der Waals surface area contributed by atoms with Gasteiger partial charge in [0.05, 0.1) is 25.3 Å². The number of hydrogen-bond acceptors (Lipinski definition) is 6. The Kier molecular flexibility index (Phi) is 6.63. The summed E-state index contributed by atoms with van der Waals surface area (Å²) < 4.78 is 30.4. The molecule has 0 radical (unpaired) electrons. The van der Waals surface area contributed by atoms with E-state index in [9.17, 15) is 13.2 Å². The predicted molar refractivity (Wildman–Crippen MR) is 105 cm³/mol. The molecule has 0 aliphatic heterocycles. The number of hydrazone groups is 1. The summed E-state index contributed by atoms with van der Waals surface area (Å²) in [5.74, 6) is -0.312. The number of nitrogens with one attached hydrogen (secondary N) is 1. The van der Waals surface area contributed by atoms with E-state index < -0.39 is 22.5 Å². The number of methoxy groups -OCH3 is 1. The zero-order valence-corrected chi connectivity index (χ0v) is 16.8. The number of amides is 1. The average molecular weight is 416 g/mol. The Hall–Kier alpha value is -2.10. The first-order valence-corrected chi connectivity index (χ1v) is 10.5. The van der Waals surface area contributed by atoms with Crippen molar-refractivity contribution in [1.29, 1.82) is 0 Å². The number of anilines is 1. The molecular formula is C16H18ClN3O4S2. The zero-order valence-electron chi connectivity index (χ0n) is 14.4. The van der Waals surface area contributed by atoms with Crippen molar-refractivity contribution < 1.29 is 17.9 Å². The van der Waals surface area contributed by atoms with Crippen molar-refractivity contribution in [2.45, 2.75) is 6.92 Å². The van der Waals surface area contributed by atoms with Crippen molar-refractivity contribution in [3.8, 4) is 5.75 Å². The Labute approximate surface area is 161 Å². The number of sulfonamides is 1. The number of halogens is 1. The zero-order chi connectivity index (χ0) is 19.3. The molecule has 0 aliphatic rings. The minimum atomic E-state index is -3.75. The van der Waals surface area contributed by atoms with Gasteiger partial charge in [-0.05, 0) is 42.1 Å². The molecule has 1 aromatic carbocycles. The van der Waals surface area contributed by atoms with Crippen LogP contribution in [0.3, 0.4) is 0 Å². The third-order valence-corrected chi connectivity index (χ3v) is 5.68. The quantitative estimate of drug-likeness (QED) is 0.556. The minimum Gasteiger partial charge on any atom is -0.495 e. The molecule has 2 rings (SSSR count). The van der Waals surface area contributed by atoms with Gasteiger partial charge in [0.2, 0.25) is 10.0 Å². The fourth-order valence-corrected chi connectivity index (χ4v) is 3.89. The van der Waals surface area contributed by atoms with E-state index in [1.54, 1.807) is 6.07 Å². The molecule has 0 fully saturated rings. The number of benzene rings is 1. The van der Waals surface area contributed by atoms with E-state index in [2.05, 4.69) is 10.5 Å². The van der Waals surface area contributed by atoms with Crippen molar-refractivity contribution in [2.24, 2.45) is 5.10 Å². The molecule has 1 amide bonds. The van der Waals surface area contributed by atoms with Gasteiger partial charge in [-0.1, -0.05) is 11.6 Å². The predicted octanol–water partition coefficient (Wildman–Crippen LogP) is 2.63. The highest BCUT2D eigenvalue weighted by atomic mass is 35.5. The van der Waals surface area contributed by atoms with Crippen molar-refractivity contribution in [1.82, 2.24) is 5.43 Å². The standard InChI is InChI=1S/C16H18ClN3O4S2/c1-11-6-7-25-15(11)9-18-19-16(21)10-20(26(3,22)23)13-8-12(17)4-5-14(13)24-2/h4-9H,10H2,1-3H3,(H,19,21)/b18-9-. The first-order valence-electron chi connectivity index (χ1n) is 7.39. The Morgan fingerprint density at radius 3 is 2.73 bits per heavy atom. The highest BCUT2D eigenvalue weighted by Gasteiger charge is 2.24. The summed E-state index contributed by atoms with van der Waals surface area (Å²) in [5.41, 5.74) is 3.54.